The van der Waals surface area contributed by atoms with Crippen LogP contribution in [0.5, 0.6) is 0 Å². The lowest BCUT2D eigenvalue weighted by molar-refractivity contribution is -0.181. The Morgan fingerprint density at radius 1 is 1.14 bits per heavy atom. The zero-order chi connectivity index (χ0) is 15.4. The largest absolute Gasteiger partial charge is 0.468 e. The van der Waals surface area contributed by atoms with E-state index in [9.17, 15) is 9.59 Å². The maximum Gasteiger partial charge on any atom is 0.322 e. The fraction of sp³-hybridized carbons (Fsp3) is 0.500. The van der Waals surface area contributed by atoms with Crippen LogP contribution in [-0.2, 0) is 14.3 Å². The predicted molar refractivity (Wildman–Crippen MR) is 82.5 cm³/mol. The SMILES string of the molecule is COC(=O)C12CN3CN(CC(Sc4ccccc4)(C3)C1=O)C2. The summed E-state index contributed by atoms with van der Waals surface area (Å²) in [5.74, 6) is -0.336. The lowest BCUT2D eigenvalue weighted by atomic mass is 9.68. The van der Waals surface area contributed by atoms with E-state index < -0.39 is 10.2 Å². The molecular formula is C16H18N2O3S. The van der Waals surface area contributed by atoms with Gasteiger partial charge in [-0.3, -0.25) is 19.4 Å². The lowest BCUT2D eigenvalue weighted by Gasteiger charge is -2.61. The molecule has 0 radical (unpaired) electrons. The van der Waals surface area contributed by atoms with Crippen molar-refractivity contribution in [1.29, 1.82) is 0 Å². The van der Waals surface area contributed by atoms with Gasteiger partial charge in [-0.15, -0.1) is 11.8 Å². The van der Waals surface area contributed by atoms with Crippen LogP contribution in [0.4, 0.5) is 0 Å². The number of methoxy groups -OCH3 is 1. The number of benzene rings is 1. The summed E-state index contributed by atoms with van der Waals surface area (Å²) >= 11 is 1.60. The van der Waals surface area contributed by atoms with Gasteiger partial charge in [-0.25, -0.2) is 0 Å². The fourth-order valence-electron chi connectivity index (χ4n) is 4.15. The zero-order valence-corrected chi connectivity index (χ0v) is 13.3. The van der Waals surface area contributed by atoms with Gasteiger partial charge in [0, 0.05) is 31.1 Å². The summed E-state index contributed by atoms with van der Waals surface area (Å²) in [7, 11) is 1.37. The molecule has 5 nitrogen and oxygen atoms in total. The molecule has 6 heteroatoms. The Morgan fingerprint density at radius 2 is 1.77 bits per heavy atom. The van der Waals surface area contributed by atoms with Gasteiger partial charge in [0.05, 0.1) is 13.8 Å². The van der Waals surface area contributed by atoms with Gasteiger partial charge >= 0.3 is 5.97 Å². The van der Waals surface area contributed by atoms with E-state index in [1.807, 2.05) is 30.3 Å². The summed E-state index contributed by atoms with van der Waals surface area (Å²) in [5, 5.41) is 0. The molecule has 2 atom stereocenters. The summed E-state index contributed by atoms with van der Waals surface area (Å²) < 4.78 is 4.41. The van der Waals surface area contributed by atoms with Crippen LogP contribution < -0.4 is 0 Å². The zero-order valence-electron chi connectivity index (χ0n) is 12.4. The second kappa shape index (κ2) is 4.81. The van der Waals surface area contributed by atoms with Crippen LogP contribution >= 0.6 is 11.8 Å². The molecule has 0 aliphatic carbocycles. The number of piperidine rings is 2. The number of hydrogen-bond donors (Lipinski definition) is 0. The third kappa shape index (κ3) is 1.87. The quantitative estimate of drug-likeness (QED) is 0.608. The number of Topliss-reactive ketones (excluding diaryl/α,β-unsaturated/α-hetero) is 1. The van der Waals surface area contributed by atoms with Crippen LogP contribution in [0.2, 0.25) is 0 Å². The highest BCUT2D eigenvalue weighted by atomic mass is 32.2. The second-order valence-electron chi connectivity index (χ2n) is 6.43. The van der Waals surface area contributed by atoms with E-state index in [1.54, 1.807) is 11.8 Å². The van der Waals surface area contributed by atoms with Gasteiger partial charge in [-0.1, -0.05) is 18.2 Å². The van der Waals surface area contributed by atoms with E-state index in [-0.39, 0.29) is 11.8 Å². The molecule has 1 aromatic rings. The van der Waals surface area contributed by atoms with Crippen LogP contribution in [0.1, 0.15) is 0 Å². The molecule has 0 spiro atoms. The molecule has 4 aliphatic rings. The number of ether oxygens (including phenoxy) is 1. The van der Waals surface area contributed by atoms with E-state index in [4.69, 9.17) is 4.74 Å². The molecule has 1 aromatic carbocycles. The van der Waals surface area contributed by atoms with E-state index in [0.717, 1.165) is 11.6 Å². The van der Waals surface area contributed by atoms with E-state index >= 15 is 0 Å². The first-order chi connectivity index (χ1) is 10.6. The Morgan fingerprint density at radius 3 is 2.36 bits per heavy atom. The van der Waals surface area contributed by atoms with Gasteiger partial charge in [0.15, 0.2) is 11.2 Å². The number of nitrogens with zero attached hydrogens (tertiary/aromatic N) is 2. The van der Waals surface area contributed by atoms with Crippen molar-refractivity contribution in [2.45, 2.75) is 9.64 Å². The molecule has 5 rings (SSSR count). The summed E-state index contributed by atoms with van der Waals surface area (Å²) in [6.45, 7) is 3.24. The molecule has 4 aliphatic heterocycles. The first-order valence-electron chi connectivity index (χ1n) is 7.40. The summed E-state index contributed by atoms with van der Waals surface area (Å²) in [5.41, 5.74) is -1.01. The molecule has 2 unspecified atom stereocenters. The summed E-state index contributed by atoms with van der Waals surface area (Å²) in [4.78, 5) is 31.1. The first-order valence-corrected chi connectivity index (χ1v) is 8.22. The topological polar surface area (TPSA) is 49.9 Å². The highest BCUT2D eigenvalue weighted by Crippen LogP contribution is 2.50. The molecule has 4 saturated heterocycles. The molecule has 0 saturated carbocycles. The smallest absolute Gasteiger partial charge is 0.322 e. The second-order valence-corrected chi connectivity index (χ2v) is 7.88. The standard InChI is InChI=1S/C16H18N2O3S/c1-21-14(20)15-7-17-9-16(13(15)19,10-18(8-15)11-17)22-12-5-3-2-4-6-12/h2-6H,7-11H2,1H3. The average Bonchev–Trinajstić information content (AvgIpc) is 2.52. The van der Waals surface area contributed by atoms with Crippen molar-refractivity contribution in [3.63, 3.8) is 0 Å². The number of esters is 1. The Labute approximate surface area is 133 Å². The molecule has 116 valence electrons. The monoisotopic (exact) mass is 318 g/mol. The molecule has 4 fully saturated rings. The Hall–Kier alpha value is -1.37. The molecule has 4 heterocycles. The molecule has 0 amide bonds. The van der Waals surface area contributed by atoms with E-state index in [1.165, 1.54) is 7.11 Å². The Bertz CT molecular complexity index is 620. The predicted octanol–water partition coefficient (Wildman–Crippen LogP) is 0.848. The summed E-state index contributed by atoms with van der Waals surface area (Å²) in [6, 6.07) is 9.96. The highest BCUT2D eigenvalue weighted by molar-refractivity contribution is 8.01. The third-order valence-corrected chi connectivity index (χ3v) is 6.17. The van der Waals surface area contributed by atoms with Crippen LogP contribution in [-0.4, -0.2) is 66.3 Å². The third-order valence-electron chi connectivity index (χ3n) is 4.83. The van der Waals surface area contributed by atoms with Gasteiger partial charge in [0.2, 0.25) is 0 Å². The van der Waals surface area contributed by atoms with Gasteiger partial charge in [0.25, 0.3) is 0 Å². The minimum absolute atomic E-state index is 0.0490. The van der Waals surface area contributed by atoms with E-state index in [0.29, 0.717) is 26.2 Å². The first kappa shape index (κ1) is 14.2. The van der Waals surface area contributed by atoms with Gasteiger partial charge in [-0.2, -0.15) is 0 Å². The van der Waals surface area contributed by atoms with E-state index in [2.05, 4.69) is 9.80 Å². The van der Waals surface area contributed by atoms with Crippen molar-refractivity contribution in [3.05, 3.63) is 30.3 Å². The minimum Gasteiger partial charge on any atom is -0.468 e. The van der Waals surface area contributed by atoms with Crippen molar-refractivity contribution < 1.29 is 14.3 Å². The molecule has 0 aromatic heterocycles. The maximum absolute atomic E-state index is 13.2. The van der Waals surface area contributed by atoms with Crippen molar-refractivity contribution in [1.82, 2.24) is 9.80 Å². The van der Waals surface area contributed by atoms with Crippen LogP contribution in [0.3, 0.4) is 0 Å². The molecular weight excluding hydrogens is 300 g/mol. The number of rotatable bonds is 3. The molecule has 22 heavy (non-hydrogen) atoms. The number of ketones is 1. The summed E-state index contributed by atoms with van der Waals surface area (Å²) in [6.07, 6.45) is 0. The van der Waals surface area contributed by atoms with Gasteiger partial charge < -0.3 is 4.74 Å². The maximum atomic E-state index is 13.2. The number of hydrogen-bond acceptors (Lipinski definition) is 6. The van der Waals surface area contributed by atoms with Crippen molar-refractivity contribution >= 4 is 23.5 Å². The van der Waals surface area contributed by atoms with Crippen LogP contribution in [0, 0.1) is 5.41 Å². The number of thioether (sulfide) groups is 1. The average molecular weight is 318 g/mol. The van der Waals surface area contributed by atoms with Gasteiger partial charge in [0.1, 0.15) is 4.75 Å². The van der Waals surface area contributed by atoms with Crippen molar-refractivity contribution in [3.8, 4) is 0 Å². The Balaban J connectivity index is 1.74. The fourth-order valence-corrected chi connectivity index (χ4v) is 5.67. The highest BCUT2D eigenvalue weighted by Gasteiger charge is 2.67. The molecule has 4 bridgehead atoms. The normalized spacial score (nSPS) is 39.0. The van der Waals surface area contributed by atoms with Crippen LogP contribution in [0.25, 0.3) is 0 Å². The molecule has 0 N–H and O–H groups in total. The van der Waals surface area contributed by atoms with Crippen molar-refractivity contribution in [2.24, 2.45) is 5.41 Å². The Kier molecular flexibility index (Phi) is 3.11. The minimum atomic E-state index is -1.01. The van der Waals surface area contributed by atoms with Crippen molar-refractivity contribution in [2.75, 3.05) is 40.0 Å². The number of carbonyl (C=O) groups excluding carboxylic acids is 2. The van der Waals surface area contributed by atoms with Crippen LogP contribution in [0.15, 0.2) is 35.2 Å². The lowest BCUT2D eigenvalue weighted by Crippen LogP contribution is -2.79. The number of carbonyl (C=O) groups is 2. The van der Waals surface area contributed by atoms with Gasteiger partial charge in [-0.05, 0) is 12.1 Å².